The van der Waals surface area contributed by atoms with E-state index in [1.54, 1.807) is 17.0 Å². The van der Waals surface area contributed by atoms with Crippen LogP contribution in [0.5, 0.6) is 0 Å². The molecule has 0 unspecified atom stereocenters. The number of nitrogens with one attached hydrogen (secondary N) is 1. The molecule has 1 heterocycles. The number of carbonyl (C=O) groups excluding carboxylic acids is 2. The lowest BCUT2D eigenvalue weighted by molar-refractivity contribution is 0.0981. The number of benzene rings is 4. The van der Waals surface area contributed by atoms with E-state index in [0.717, 1.165) is 22.4 Å². The van der Waals surface area contributed by atoms with Gasteiger partial charge in [-0.15, -0.1) is 0 Å². The Hall–Kier alpha value is -3.60. The van der Waals surface area contributed by atoms with E-state index in [0.29, 0.717) is 17.8 Å². The molecule has 0 atom stereocenters. The van der Waals surface area contributed by atoms with Crippen LogP contribution in [0.2, 0.25) is 10.0 Å². The minimum absolute atomic E-state index is 0.116. The van der Waals surface area contributed by atoms with Gasteiger partial charge in [-0.3, -0.25) is 9.59 Å². The summed E-state index contributed by atoms with van der Waals surface area (Å²) in [5, 5.41) is 3.00. The summed E-state index contributed by atoms with van der Waals surface area (Å²) in [4.78, 5) is 28.0. The molecular formula is C27H18Cl2N2O2. The molecular weight excluding hydrogens is 455 g/mol. The second kappa shape index (κ2) is 8.74. The van der Waals surface area contributed by atoms with E-state index in [1.807, 2.05) is 60.7 Å². The Morgan fingerprint density at radius 3 is 2.09 bits per heavy atom. The van der Waals surface area contributed by atoms with Crippen molar-refractivity contribution >= 4 is 46.4 Å². The Morgan fingerprint density at radius 2 is 1.36 bits per heavy atom. The van der Waals surface area contributed by atoms with E-state index in [-0.39, 0.29) is 21.5 Å². The van der Waals surface area contributed by atoms with Crippen LogP contribution in [0, 0.1) is 0 Å². The van der Waals surface area contributed by atoms with Crippen LogP contribution >= 0.6 is 23.2 Å². The first-order valence-electron chi connectivity index (χ1n) is 10.4. The average Bonchev–Trinajstić information content (AvgIpc) is 2.83. The maximum Gasteiger partial charge on any atom is 0.258 e. The fraction of sp³-hybridized carbons (Fsp3) is 0.0370. The Labute approximate surface area is 201 Å². The van der Waals surface area contributed by atoms with E-state index in [1.165, 1.54) is 12.1 Å². The first-order chi connectivity index (χ1) is 16.0. The summed E-state index contributed by atoms with van der Waals surface area (Å²) in [6.45, 7) is 0.428. The summed E-state index contributed by atoms with van der Waals surface area (Å²) in [7, 11) is 0. The van der Waals surface area contributed by atoms with Gasteiger partial charge in [0.2, 0.25) is 0 Å². The molecule has 4 nitrogen and oxygen atoms in total. The Morgan fingerprint density at radius 1 is 0.758 bits per heavy atom. The van der Waals surface area contributed by atoms with Crippen molar-refractivity contribution in [2.75, 3.05) is 10.2 Å². The summed E-state index contributed by atoms with van der Waals surface area (Å²) in [5.74, 6) is -0.678. The maximum atomic E-state index is 13.6. The quantitative estimate of drug-likeness (QED) is 0.346. The molecule has 6 heteroatoms. The van der Waals surface area contributed by atoms with Crippen molar-refractivity contribution in [1.29, 1.82) is 0 Å². The van der Waals surface area contributed by atoms with Crippen molar-refractivity contribution in [3.63, 3.8) is 0 Å². The third kappa shape index (κ3) is 3.99. The number of para-hydroxylation sites is 2. The molecule has 2 amide bonds. The van der Waals surface area contributed by atoms with Gasteiger partial charge in [0.15, 0.2) is 0 Å². The largest absolute Gasteiger partial charge is 0.322 e. The molecule has 0 aromatic heterocycles. The Balaban J connectivity index is 1.48. The zero-order valence-corrected chi connectivity index (χ0v) is 18.9. The molecule has 162 valence electrons. The van der Waals surface area contributed by atoms with Gasteiger partial charge in [0.1, 0.15) is 0 Å². The first-order valence-corrected chi connectivity index (χ1v) is 11.1. The molecule has 1 N–H and O–H groups in total. The molecule has 1 aliphatic rings. The first kappa shape index (κ1) is 21.3. The lowest BCUT2D eigenvalue weighted by Crippen LogP contribution is -2.33. The number of anilines is 2. The van der Waals surface area contributed by atoms with Crippen LogP contribution in [0.15, 0.2) is 91.0 Å². The van der Waals surface area contributed by atoms with E-state index in [9.17, 15) is 9.59 Å². The molecule has 1 aliphatic heterocycles. The highest BCUT2D eigenvalue weighted by molar-refractivity contribution is 6.41. The normalized spacial score (nSPS) is 12.0. The summed E-state index contributed by atoms with van der Waals surface area (Å²) in [6.07, 6.45) is 0. The van der Waals surface area contributed by atoms with Gasteiger partial charge in [0, 0.05) is 16.8 Å². The van der Waals surface area contributed by atoms with Gasteiger partial charge in [-0.1, -0.05) is 83.9 Å². The second-order valence-electron chi connectivity index (χ2n) is 7.70. The number of nitrogens with zero attached hydrogens (tertiary/aromatic N) is 1. The molecule has 0 radical (unpaired) electrons. The molecule has 4 aromatic carbocycles. The van der Waals surface area contributed by atoms with Crippen molar-refractivity contribution < 1.29 is 9.59 Å². The number of amides is 2. The third-order valence-corrected chi connectivity index (χ3v) is 6.22. The van der Waals surface area contributed by atoms with Gasteiger partial charge in [0.25, 0.3) is 11.8 Å². The molecule has 4 aromatic rings. The maximum absolute atomic E-state index is 13.6. The van der Waals surface area contributed by atoms with E-state index in [4.69, 9.17) is 23.2 Å². The van der Waals surface area contributed by atoms with Crippen LogP contribution in [0.4, 0.5) is 11.4 Å². The Bertz CT molecular complexity index is 1360. The SMILES string of the molecule is O=C(Nc1ccccc1)c1c(Cl)cc(C(=O)N2Cc3ccccc3-c3ccccc32)cc1Cl. The number of hydrogen-bond acceptors (Lipinski definition) is 2. The van der Waals surface area contributed by atoms with E-state index in [2.05, 4.69) is 11.4 Å². The fourth-order valence-corrected chi connectivity index (χ4v) is 4.74. The van der Waals surface area contributed by atoms with Crippen LogP contribution in [0.1, 0.15) is 26.3 Å². The van der Waals surface area contributed by atoms with Crippen molar-refractivity contribution in [2.24, 2.45) is 0 Å². The molecule has 0 aliphatic carbocycles. The number of fused-ring (bicyclic) bond motifs is 3. The van der Waals surface area contributed by atoms with Crippen LogP contribution in [0.25, 0.3) is 11.1 Å². The Kier molecular flexibility index (Phi) is 5.63. The molecule has 33 heavy (non-hydrogen) atoms. The standard InChI is InChI=1S/C27H18Cl2N2O2/c28-22-14-18(15-23(29)25(22)26(32)30-19-9-2-1-3-10-19)27(33)31-16-17-8-4-5-11-20(17)21-12-6-7-13-24(21)31/h1-15H,16H2,(H,30,32). The monoisotopic (exact) mass is 472 g/mol. The summed E-state index contributed by atoms with van der Waals surface area (Å²) < 4.78 is 0. The van der Waals surface area contributed by atoms with Crippen molar-refractivity contribution in [3.8, 4) is 11.1 Å². The highest BCUT2D eigenvalue weighted by Crippen LogP contribution is 2.40. The lowest BCUT2D eigenvalue weighted by atomic mass is 9.93. The smallest absolute Gasteiger partial charge is 0.258 e. The van der Waals surface area contributed by atoms with Gasteiger partial charge >= 0.3 is 0 Å². The van der Waals surface area contributed by atoms with E-state index >= 15 is 0 Å². The van der Waals surface area contributed by atoms with Crippen LogP contribution in [-0.4, -0.2) is 11.8 Å². The minimum Gasteiger partial charge on any atom is -0.322 e. The zero-order chi connectivity index (χ0) is 22.9. The number of rotatable bonds is 3. The van der Waals surface area contributed by atoms with Crippen molar-refractivity contribution in [3.05, 3.63) is 118 Å². The third-order valence-electron chi connectivity index (χ3n) is 5.62. The highest BCUT2D eigenvalue weighted by Gasteiger charge is 2.28. The number of halogens is 2. The predicted molar refractivity (Wildman–Crippen MR) is 133 cm³/mol. The van der Waals surface area contributed by atoms with Crippen molar-refractivity contribution in [2.45, 2.75) is 6.54 Å². The van der Waals surface area contributed by atoms with Gasteiger partial charge in [-0.25, -0.2) is 0 Å². The molecule has 0 spiro atoms. The second-order valence-corrected chi connectivity index (χ2v) is 8.52. The molecule has 0 saturated carbocycles. The lowest BCUT2D eigenvalue weighted by Gasteiger charge is -2.31. The summed E-state index contributed by atoms with van der Waals surface area (Å²) in [5.41, 5.74) is 5.04. The molecule has 0 bridgehead atoms. The topological polar surface area (TPSA) is 49.4 Å². The summed E-state index contributed by atoms with van der Waals surface area (Å²) in [6, 6.07) is 27.8. The van der Waals surface area contributed by atoms with E-state index < -0.39 is 5.91 Å². The van der Waals surface area contributed by atoms with Crippen molar-refractivity contribution in [1.82, 2.24) is 0 Å². The molecule has 0 fully saturated rings. The molecule has 5 rings (SSSR count). The zero-order valence-electron chi connectivity index (χ0n) is 17.4. The number of hydrogen-bond donors (Lipinski definition) is 1. The number of carbonyl (C=O) groups is 2. The average molecular weight is 473 g/mol. The van der Waals surface area contributed by atoms with Gasteiger partial charge in [-0.05, 0) is 41.5 Å². The van der Waals surface area contributed by atoms with Gasteiger partial charge in [0.05, 0.1) is 27.8 Å². The molecule has 0 saturated heterocycles. The summed E-state index contributed by atoms with van der Waals surface area (Å²) >= 11 is 12.9. The van der Waals surface area contributed by atoms with Crippen LogP contribution < -0.4 is 10.2 Å². The fourth-order valence-electron chi connectivity index (χ4n) is 4.08. The highest BCUT2D eigenvalue weighted by atomic mass is 35.5. The van der Waals surface area contributed by atoms with Crippen LogP contribution in [0.3, 0.4) is 0 Å². The minimum atomic E-state index is -0.438. The van der Waals surface area contributed by atoms with Gasteiger partial charge < -0.3 is 10.2 Å². The van der Waals surface area contributed by atoms with Gasteiger partial charge in [-0.2, -0.15) is 0 Å². The van der Waals surface area contributed by atoms with Crippen LogP contribution in [-0.2, 0) is 6.54 Å². The predicted octanol–water partition coefficient (Wildman–Crippen LogP) is 7.07.